The summed E-state index contributed by atoms with van der Waals surface area (Å²) in [7, 11) is 0. The monoisotopic (exact) mass is 244 g/mol. The minimum Gasteiger partial charge on any atom is -0.394 e. The van der Waals surface area contributed by atoms with Crippen molar-refractivity contribution in [3.05, 3.63) is 0 Å². The molecule has 0 bridgehead atoms. The molecule has 2 unspecified atom stereocenters. The Labute approximate surface area is 105 Å². The van der Waals surface area contributed by atoms with Gasteiger partial charge in [-0.1, -0.05) is 6.42 Å². The van der Waals surface area contributed by atoms with E-state index >= 15 is 0 Å². The van der Waals surface area contributed by atoms with Gasteiger partial charge in [-0.15, -0.1) is 0 Å². The Balaban J connectivity index is 2.41. The van der Waals surface area contributed by atoms with Crippen LogP contribution in [0.25, 0.3) is 0 Å². The predicted octanol–water partition coefficient (Wildman–Crippen LogP) is 0.833. The van der Waals surface area contributed by atoms with Crippen LogP contribution in [-0.4, -0.2) is 55.0 Å². The molecule has 3 N–H and O–H groups in total. The maximum atomic E-state index is 8.68. The second kappa shape index (κ2) is 8.03. The molecule has 0 aliphatic heterocycles. The number of nitrogens with zero attached hydrogens (tertiary/aromatic N) is 1. The van der Waals surface area contributed by atoms with Gasteiger partial charge >= 0.3 is 0 Å². The van der Waals surface area contributed by atoms with Crippen LogP contribution >= 0.6 is 0 Å². The molecule has 0 heterocycles. The van der Waals surface area contributed by atoms with Crippen molar-refractivity contribution in [2.45, 2.75) is 45.2 Å². The predicted molar refractivity (Wildman–Crippen MR) is 69.9 cm³/mol. The van der Waals surface area contributed by atoms with E-state index in [9.17, 15) is 0 Å². The van der Waals surface area contributed by atoms with Crippen molar-refractivity contribution >= 4 is 0 Å². The molecule has 17 heavy (non-hydrogen) atoms. The van der Waals surface area contributed by atoms with Gasteiger partial charge in [0.05, 0.1) is 19.8 Å². The molecule has 1 aliphatic carbocycles. The third-order valence-corrected chi connectivity index (χ3v) is 3.74. The Morgan fingerprint density at radius 3 is 2.71 bits per heavy atom. The maximum Gasteiger partial charge on any atom is 0.0698 e. The Morgan fingerprint density at radius 1 is 1.35 bits per heavy atom. The number of aliphatic hydroxyl groups excluding tert-OH is 1. The van der Waals surface area contributed by atoms with Crippen LogP contribution in [0.5, 0.6) is 0 Å². The lowest BCUT2D eigenvalue weighted by molar-refractivity contribution is 0.0450. The largest absolute Gasteiger partial charge is 0.394 e. The van der Waals surface area contributed by atoms with Gasteiger partial charge in [0.15, 0.2) is 0 Å². The third-order valence-electron chi connectivity index (χ3n) is 3.74. The first-order valence-electron chi connectivity index (χ1n) is 6.85. The van der Waals surface area contributed by atoms with E-state index in [2.05, 4.69) is 18.7 Å². The Hall–Kier alpha value is -0.160. The number of hydrogen-bond donors (Lipinski definition) is 2. The van der Waals surface area contributed by atoms with Crippen LogP contribution in [0.1, 0.15) is 33.1 Å². The lowest BCUT2D eigenvalue weighted by Crippen LogP contribution is -2.46. The van der Waals surface area contributed by atoms with Gasteiger partial charge in [0, 0.05) is 18.6 Å². The smallest absolute Gasteiger partial charge is 0.0698 e. The van der Waals surface area contributed by atoms with E-state index in [-0.39, 0.29) is 6.61 Å². The molecule has 0 radical (unpaired) electrons. The van der Waals surface area contributed by atoms with Gasteiger partial charge in [-0.25, -0.2) is 0 Å². The van der Waals surface area contributed by atoms with E-state index < -0.39 is 0 Å². The summed E-state index contributed by atoms with van der Waals surface area (Å²) in [6.07, 6.45) is 3.83. The summed E-state index contributed by atoms with van der Waals surface area (Å²) in [6.45, 7) is 7.46. The van der Waals surface area contributed by atoms with Crippen LogP contribution in [-0.2, 0) is 4.74 Å². The molecule has 0 spiro atoms. The summed E-state index contributed by atoms with van der Waals surface area (Å²) in [5.74, 6) is 0.648. The van der Waals surface area contributed by atoms with Gasteiger partial charge in [0.1, 0.15) is 0 Å². The van der Waals surface area contributed by atoms with Crippen LogP contribution in [0, 0.1) is 5.92 Å². The van der Waals surface area contributed by atoms with Gasteiger partial charge in [-0.3, -0.25) is 4.90 Å². The number of nitrogens with two attached hydrogens (primary N) is 1. The average molecular weight is 244 g/mol. The van der Waals surface area contributed by atoms with E-state index in [1.165, 1.54) is 19.3 Å². The highest BCUT2D eigenvalue weighted by molar-refractivity contribution is 4.87. The summed E-state index contributed by atoms with van der Waals surface area (Å²) >= 11 is 0. The van der Waals surface area contributed by atoms with Crippen molar-refractivity contribution in [2.75, 3.05) is 32.9 Å². The average Bonchev–Trinajstić information content (AvgIpc) is 2.76. The van der Waals surface area contributed by atoms with Gasteiger partial charge in [0.2, 0.25) is 0 Å². The summed E-state index contributed by atoms with van der Waals surface area (Å²) in [4.78, 5) is 2.52. The highest BCUT2D eigenvalue weighted by atomic mass is 16.5. The van der Waals surface area contributed by atoms with E-state index in [0.717, 1.165) is 13.1 Å². The van der Waals surface area contributed by atoms with Crippen LogP contribution in [0.3, 0.4) is 0 Å². The maximum absolute atomic E-state index is 8.68. The molecule has 1 rings (SSSR count). The van der Waals surface area contributed by atoms with E-state index in [1.807, 2.05) is 0 Å². The molecule has 1 aliphatic rings. The van der Waals surface area contributed by atoms with Crippen molar-refractivity contribution in [3.63, 3.8) is 0 Å². The molecule has 0 aromatic heterocycles. The molecule has 0 aromatic carbocycles. The standard InChI is InChI=1S/C13H28N2O2/c1-11(2)15(6-8-17-9-7-16)13-5-3-4-12(13)10-14/h11-13,16H,3-10,14H2,1-2H3. The minimum absolute atomic E-state index is 0.108. The van der Waals surface area contributed by atoms with Crippen LogP contribution in [0.2, 0.25) is 0 Å². The molecule has 2 atom stereocenters. The SMILES string of the molecule is CC(C)N(CCOCCO)C1CCCC1CN. The quantitative estimate of drug-likeness (QED) is 0.621. The highest BCUT2D eigenvalue weighted by Crippen LogP contribution is 2.30. The zero-order chi connectivity index (χ0) is 12.7. The van der Waals surface area contributed by atoms with Gasteiger partial charge in [-0.2, -0.15) is 0 Å². The van der Waals surface area contributed by atoms with Crippen molar-refractivity contribution < 1.29 is 9.84 Å². The van der Waals surface area contributed by atoms with Crippen molar-refractivity contribution in [1.29, 1.82) is 0 Å². The molecule has 1 fully saturated rings. The van der Waals surface area contributed by atoms with E-state index in [0.29, 0.717) is 31.2 Å². The zero-order valence-electron chi connectivity index (χ0n) is 11.3. The van der Waals surface area contributed by atoms with Crippen LogP contribution < -0.4 is 5.73 Å². The summed E-state index contributed by atoms with van der Waals surface area (Å²) in [5, 5.41) is 8.68. The number of hydrogen-bond acceptors (Lipinski definition) is 4. The van der Waals surface area contributed by atoms with Crippen molar-refractivity contribution in [1.82, 2.24) is 4.90 Å². The lowest BCUT2D eigenvalue weighted by Gasteiger charge is -2.35. The van der Waals surface area contributed by atoms with Crippen molar-refractivity contribution in [2.24, 2.45) is 11.7 Å². The molecule has 1 saturated carbocycles. The fraction of sp³-hybridized carbons (Fsp3) is 1.00. The van der Waals surface area contributed by atoms with Gasteiger partial charge in [-0.05, 0) is 39.2 Å². The first-order chi connectivity index (χ1) is 8.20. The summed E-state index contributed by atoms with van der Waals surface area (Å²) < 4.78 is 5.37. The van der Waals surface area contributed by atoms with E-state index in [1.54, 1.807) is 0 Å². The molecule has 0 aromatic rings. The second-order valence-electron chi connectivity index (χ2n) is 5.16. The summed E-state index contributed by atoms with van der Waals surface area (Å²) in [5.41, 5.74) is 5.85. The lowest BCUT2D eigenvalue weighted by atomic mass is 10.0. The Kier molecular flexibility index (Phi) is 7.04. The van der Waals surface area contributed by atoms with E-state index in [4.69, 9.17) is 15.6 Å². The fourth-order valence-electron chi connectivity index (χ4n) is 2.87. The number of rotatable bonds is 8. The highest BCUT2D eigenvalue weighted by Gasteiger charge is 2.32. The Morgan fingerprint density at radius 2 is 2.12 bits per heavy atom. The van der Waals surface area contributed by atoms with Gasteiger partial charge < -0.3 is 15.6 Å². The first-order valence-corrected chi connectivity index (χ1v) is 6.85. The van der Waals surface area contributed by atoms with Crippen molar-refractivity contribution in [3.8, 4) is 0 Å². The molecule has 4 nitrogen and oxygen atoms in total. The third kappa shape index (κ3) is 4.54. The first kappa shape index (κ1) is 14.9. The minimum atomic E-state index is 0.108. The normalized spacial score (nSPS) is 25.1. The van der Waals surface area contributed by atoms with Crippen LogP contribution in [0.4, 0.5) is 0 Å². The molecular formula is C13H28N2O2. The number of aliphatic hydroxyl groups is 1. The number of ether oxygens (including phenoxy) is 1. The summed E-state index contributed by atoms with van der Waals surface area (Å²) in [6, 6.07) is 1.16. The molecule has 0 amide bonds. The molecule has 102 valence electrons. The molecule has 4 heteroatoms. The zero-order valence-corrected chi connectivity index (χ0v) is 11.3. The van der Waals surface area contributed by atoms with Crippen LogP contribution in [0.15, 0.2) is 0 Å². The molecule has 0 saturated heterocycles. The fourth-order valence-corrected chi connectivity index (χ4v) is 2.87. The second-order valence-corrected chi connectivity index (χ2v) is 5.16. The van der Waals surface area contributed by atoms with Gasteiger partial charge in [0.25, 0.3) is 0 Å². The molecular weight excluding hydrogens is 216 g/mol. The Bertz CT molecular complexity index is 200. The topological polar surface area (TPSA) is 58.7 Å².